The molecule has 0 aliphatic carbocycles. The van der Waals surface area contributed by atoms with Gasteiger partial charge in [0, 0.05) is 13.1 Å². The van der Waals surface area contributed by atoms with E-state index in [9.17, 15) is 8.42 Å². The molecule has 3 rings (SSSR count). The number of nitrogens with one attached hydrogen (secondary N) is 1. The number of fused-ring (bicyclic) bond motifs is 1. The van der Waals surface area contributed by atoms with E-state index in [2.05, 4.69) is 12.2 Å². The molecule has 0 saturated carbocycles. The van der Waals surface area contributed by atoms with Gasteiger partial charge in [-0.1, -0.05) is 0 Å². The maximum Gasteiger partial charge on any atom is 0.243 e. The van der Waals surface area contributed by atoms with Gasteiger partial charge in [-0.05, 0) is 93.8 Å². The van der Waals surface area contributed by atoms with Gasteiger partial charge in [0.05, 0.1) is 4.90 Å². The largest absolute Gasteiger partial charge is 0.316 e. The molecule has 2 unspecified atom stereocenters. The molecule has 128 valence electrons. The molecule has 23 heavy (non-hydrogen) atoms. The number of hydrogen-bond acceptors (Lipinski definition) is 3. The molecule has 4 nitrogen and oxygen atoms in total. The second-order valence-electron chi connectivity index (χ2n) is 7.28. The van der Waals surface area contributed by atoms with E-state index in [-0.39, 0.29) is 0 Å². The van der Waals surface area contributed by atoms with Crippen molar-refractivity contribution in [3.63, 3.8) is 0 Å². The van der Waals surface area contributed by atoms with Crippen LogP contribution in [-0.2, 0) is 10.0 Å². The zero-order valence-corrected chi connectivity index (χ0v) is 15.7. The molecule has 2 fully saturated rings. The van der Waals surface area contributed by atoms with E-state index >= 15 is 0 Å². The van der Waals surface area contributed by atoms with Gasteiger partial charge >= 0.3 is 0 Å². The molecule has 2 aliphatic heterocycles. The summed E-state index contributed by atoms with van der Waals surface area (Å²) in [5, 5.41) is 3.40. The van der Waals surface area contributed by atoms with Gasteiger partial charge in [-0.3, -0.25) is 0 Å². The Morgan fingerprint density at radius 1 is 0.870 bits per heavy atom. The van der Waals surface area contributed by atoms with Crippen molar-refractivity contribution in [3.05, 3.63) is 27.8 Å². The second kappa shape index (κ2) is 5.87. The van der Waals surface area contributed by atoms with Crippen LogP contribution in [0.2, 0.25) is 0 Å². The lowest BCUT2D eigenvalue weighted by Gasteiger charge is -2.34. The van der Waals surface area contributed by atoms with Crippen LogP contribution in [0.3, 0.4) is 0 Å². The molecule has 5 heteroatoms. The minimum Gasteiger partial charge on any atom is -0.316 e. The Kier molecular flexibility index (Phi) is 4.32. The molecule has 1 N–H and O–H groups in total. The molecular weight excluding hydrogens is 308 g/mol. The summed E-state index contributed by atoms with van der Waals surface area (Å²) in [6, 6.07) is 0. The standard InChI is InChI=1S/C18H28N2O2S/c1-11-12(2)14(4)18(15(5)13(11)3)23(21,22)20-7-6-16-8-19-9-17(16)10-20/h16-17,19H,6-10H2,1-5H3. The number of piperidine rings is 1. The molecule has 0 aromatic heterocycles. The van der Waals surface area contributed by atoms with E-state index in [0.29, 0.717) is 29.8 Å². The predicted molar refractivity (Wildman–Crippen MR) is 93.4 cm³/mol. The third kappa shape index (κ3) is 2.63. The van der Waals surface area contributed by atoms with Crippen LogP contribution in [0.4, 0.5) is 0 Å². The highest BCUT2D eigenvalue weighted by molar-refractivity contribution is 7.89. The number of sulfonamides is 1. The SMILES string of the molecule is Cc1c(C)c(C)c(S(=O)(=O)N2CCC3CNCC3C2)c(C)c1C. The Balaban J connectivity index is 2.04. The molecule has 0 amide bonds. The van der Waals surface area contributed by atoms with E-state index < -0.39 is 10.0 Å². The minimum atomic E-state index is -3.42. The van der Waals surface area contributed by atoms with E-state index in [0.717, 1.165) is 41.8 Å². The number of nitrogens with zero attached hydrogens (tertiary/aromatic N) is 1. The van der Waals surface area contributed by atoms with Crippen LogP contribution in [0.25, 0.3) is 0 Å². The lowest BCUT2D eigenvalue weighted by atomic mass is 9.90. The van der Waals surface area contributed by atoms with Crippen molar-refractivity contribution in [1.29, 1.82) is 0 Å². The van der Waals surface area contributed by atoms with Crippen LogP contribution in [0.1, 0.15) is 34.2 Å². The van der Waals surface area contributed by atoms with Gasteiger partial charge in [0.2, 0.25) is 10.0 Å². The van der Waals surface area contributed by atoms with Crippen LogP contribution in [-0.4, -0.2) is 38.9 Å². The molecule has 0 spiro atoms. The van der Waals surface area contributed by atoms with Gasteiger partial charge in [0.1, 0.15) is 0 Å². The Labute approximate surface area is 140 Å². The summed E-state index contributed by atoms with van der Waals surface area (Å²) in [4.78, 5) is 0.544. The first-order valence-electron chi connectivity index (χ1n) is 8.53. The van der Waals surface area contributed by atoms with E-state index in [1.54, 1.807) is 4.31 Å². The first kappa shape index (κ1) is 16.9. The van der Waals surface area contributed by atoms with Crippen molar-refractivity contribution < 1.29 is 8.42 Å². The van der Waals surface area contributed by atoms with Crippen molar-refractivity contribution in [3.8, 4) is 0 Å². The van der Waals surface area contributed by atoms with Gasteiger partial charge < -0.3 is 5.32 Å². The van der Waals surface area contributed by atoms with E-state index in [1.807, 2.05) is 27.7 Å². The summed E-state index contributed by atoms with van der Waals surface area (Å²) in [7, 11) is -3.42. The molecular formula is C18H28N2O2S. The van der Waals surface area contributed by atoms with Crippen molar-refractivity contribution in [2.24, 2.45) is 11.8 Å². The maximum absolute atomic E-state index is 13.3. The summed E-state index contributed by atoms with van der Waals surface area (Å²) in [5.74, 6) is 1.11. The summed E-state index contributed by atoms with van der Waals surface area (Å²) < 4.78 is 28.4. The van der Waals surface area contributed by atoms with Gasteiger partial charge in [0.25, 0.3) is 0 Å². The minimum absolute atomic E-state index is 0.465. The Hall–Kier alpha value is -0.910. The van der Waals surface area contributed by atoms with Gasteiger partial charge in [0.15, 0.2) is 0 Å². The molecule has 2 saturated heterocycles. The number of rotatable bonds is 2. The Morgan fingerprint density at radius 3 is 2.00 bits per heavy atom. The zero-order chi connectivity index (χ0) is 16.9. The third-order valence-electron chi connectivity index (χ3n) is 6.20. The maximum atomic E-state index is 13.3. The highest BCUT2D eigenvalue weighted by atomic mass is 32.2. The van der Waals surface area contributed by atoms with Crippen LogP contribution in [0, 0.1) is 46.5 Å². The first-order chi connectivity index (χ1) is 10.7. The lowest BCUT2D eigenvalue weighted by molar-refractivity contribution is 0.227. The zero-order valence-electron chi connectivity index (χ0n) is 14.9. The first-order valence-corrected chi connectivity index (χ1v) is 9.97. The lowest BCUT2D eigenvalue weighted by Crippen LogP contribution is -2.43. The summed E-state index contributed by atoms with van der Waals surface area (Å²) in [6.07, 6.45) is 0.971. The molecule has 2 atom stereocenters. The normalized spacial score (nSPS) is 25.6. The van der Waals surface area contributed by atoms with Crippen LogP contribution >= 0.6 is 0 Å². The summed E-state index contributed by atoms with van der Waals surface area (Å²) in [6.45, 7) is 13.3. The van der Waals surface area contributed by atoms with Crippen LogP contribution in [0.5, 0.6) is 0 Å². The molecule has 0 bridgehead atoms. The van der Waals surface area contributed by atoms with E-state index in [4.69, 9.17) is 0 Å². The highest BCUT2D eigenvalue weighted by Crippen LogP contribution is 2.35. The highest BCUT2D eigenvalue weighted by Gasteiger charge is 2.39. The van der Waals surface area contributed by atoms with Crippen LogP contribution < -0.4 is 5.32 Å². The molecule has 1 aromatic rings. The predicted octanol–water partition coefficient (Wildman–Crippen LogP) is 2.46. The summed E-state index contributed by atoms with van der Waals surface area (Å²) >= 11 is 0. The quantitative estimate of drug-likeness (QED) is 0.902. The fraction of sp³-hybridized carbons (Fsp3) is 0.667. The van der Waals surface area contributed by atoms with Crippen LogP contribution in [0.15, 0.2) is 4.90 Å². The van der Waals surface area contributed by atoms with Crippen molar-refractivity contribution in [2.45, 2.75) is 45.9 Å². The number of benzene rings is 1. The monoisotopic (exact) mass is 336 g/mol. The summed E-state index contributed by atoms with van der Waals surface area (Å²) in [5.41, 5.74) is 5.24. The van der Waals surface area contributed by atoms with Crippen molar-refractivity contribution >= 4 is 10.0 Å². The number of hydrogen-bond donors (Lipinski definition) is 1. The molecule has 2 aliphatic rings. The van der Waals surface area contributed by atoms with Crippen molar-refractivity contribution in [1.82, 2.24) is 9.62 Å². The Bertz CT molecular complexity index is 711. The van der Waals surface area contributed by atoms with Gasteiger partial charge in [-0.25, -0.2) is 8.42 Å². The average Bonchev–Trinajstić information content (AvgIpc) is 2.98. The molecule has 2 heterocycles. The Morgan fingerprint density at radius 2 is 1.39 bits per heavy atom. The fourth-order valence-corrected chi connectivity index (χ4v) is 6.27. The van der Waals surface area contributed by atoms with E-state index in [1.165, 1.54) is 5.56 Å². The second-order valence-corrected chi connectivity index (χ2v) is 9.16. The smallest absolute Gasteiger partial charge is 0.243 e. The average molecular weight is 337 g/mol. The molecule has 1 aromatic carbocycles. The third-order valence-corrected chi connectivity index (χ3v) is 8.34. The van der Waals surface area contributed by atoms with Gasteiger partial charge in [-0.2, -0.15) is 4.31 Å². The van der Waals surface area contributed by atoms with Crippen molar-refractivity contribution in [2.75, 3.05) is 26.2 Å². The fourth-order valence-electron chi connectivity index (χ4n) is 4.20. The van der Waals surface area contributed by atoms with Gasteiger partial charge in [-0.15, -0.1) is 0 Å². The topological polar surface area (TPSA) is 49.4 Å². The molecule has 0 radical (unpaired) electrons.